The SMILES string of the molecule is CNC(=O)c1cc(S(=O)(=O)Nc2ccc(Cl)c(C(=O)OC)c2)ccc1OC. The maximum atomic E-state index is 12.7. The zero-order valence-electron chi connectivity index (χ0n) is 14.7. The van der Waals surface area contributed by atoms with Gasteiger partial charge in [0.05, 0.1) is 35.3 Å². The van der Waals surface area contributed by atoms with Gasteiger partial charge in [-0.25, -0.2) is 13.2 Å². The smallest absolute Gasteiger partial charge is 0.339 e. The van der Waals surface area contributed by atoms with Gasteiger partial charge in [0.25, 0.3) is 15.9 Å². The number of carbonyl (C=O) groups is 2. The van der Waals surface area contributed by atoms with Crippen LogP contribution in [0.1, 0.15) is 20.7 Å². The first-order valence-corrected chi connectivity index (χ1v) is 9.40. The number of esters is 1. The van der Waals surface area contributed by atoms with Crippen LogP contribution >= 0.6 is 11.6 Å². The summed E-state index contributed by atoms with van der Waals surface area (Å²) in [6.45, 7) is 0. The summed E-state index contributed by atoms with van der Waals surface area (Å²) in [5.41, 5.74) is 0.187. The van der Waals surface area contributed by atoms with Gasteiger partial charge in [-0.2, -0.15) is 0 Å². The number of ether oxygens (including phenoxy) is 2. The van der Waals surface area contributed by atoms with Crippen molar-refractivity contribution in [3.63, 3.8) is 0 Å². The third-order valence-electron chi connectivity index (χ3n) is 3.58. The number of anilines is 1. The maximum Gasteiger partial charge on any atom is 0.339 e. The van der Waals surface area contributed by atoms with Crippen molar-refractivity contribution in [1.29, 1.82) is 0 Å². The summed E-state index contributed by atoms with van der Waals surface area (Å²) in [5, 5.41) is 2.54. The Bertz CT molecular complexity index is 991. The van der Waals surface area contributed by atoms with Crippen molar-refractivity contribution in [3.05, 3.63) is 52.5 Å². The van der Waals surface area contributed by atoms with E-state index in [1.165, 1.54) is 57.7 Å². The summed E-state index contributed by atoms with van der Waals surface area (Å²) in [7, 11) is -0.0665. The minimum absolute atomic E-state index is 0.0140. The first-order valence-electron chi connectivity index (χ1n) is 7.54. The minimum Gasteiger partial charge on any atom is -0.496 e. The number of rotatable bonds is 6. The first-order chi connectivity index (χ1) is 12.7. The summed E-state index contributed by atoms with van der Waals surface area (Å²) in [6, 6.07) is 7.89. The van der Waals surface area contributed by atoms with E-state index in [1.807, 2.05) is 0 Å². The average molecular weight is 413 g/mol. The van der Waals surface area contributed by atoms with Crippen LogP contribution in [0, 0.1) is 0 Å². The van der Waals surface area contributed by atoms with Gasteiger partial charge in [0.15, 0.2) is 0 Å². The van der Waals surface area contributed by atoms with Crippen molar-refractivity contribution in [3.8, 4) is 5.75 Å². The number of hydrogen-bond donors (Lipinski definition) is 2. The van der Waals surface area contributed by atoms with Gasteiger partial charge in [0.2, 0.25) is 0 Å². The highest BCUT2D eigenvalue weighted by Crippen LogP contribution is 2.26. The van der Waals surface area contributed by atoms with E-state index in [-0.39, 0.29) is 32.5 Å². The van der Waals surface area contributed by atoms with Crippen LogP contribution in [-0.2, 0) is 14.8 Å². The molecule has 0 saturated heterocycles. The van der Waals surface area contributed by atoms with E-state index in [1.54, 1.807) is 0 Å². The Hall–Kier alpha value is -2.78. The van der Waals surface area contributed by atoms with Gasteiger partial charge in [-0.05, 0) is 36.4 Å². The van der Waals surface area contributed by atoms with E-state index >= 15 is 0 Å². The van der Waals surface area contributed by atoms with E-state index in [9.17, 15) is 18.0 Å². The highest BCUT2D eigenvalue weighted by Gasteiger charge is 2.20. The summed E-state index contributed by atoms with van der Waals surface area (Å²) < 4.78 is 37.4. The molecule has 0 aliphatic rings. The molecule has 0 heterocycles. The molecule has 27 heavy (non-hydrogen) atoms. The molecule has 2 N–H and O–H groups in total. The zero-order valence-corrected chi connectivity index (χ0v) is 16.3. The molecule has 2 aromatic carbocycles. The molecule has 2 rings (SSSR count). The molecule has 1 amide bonds. The molecule has 0 fully saturated rings. The lowest BCUT2D eigenvalue weighted by Crippen LogP contribution is -2.20. The number of benzene rings is 2. The Morgan fingerprint density at radius 2 is 1.74 bits per heavy atom. The maximum absolute atomic E-state index is 12.7. The fourth-order valence-corrected chi connectivity index (χ4v) is 3.51. The van der Waals surface area contributed by atoms with E-state index in [0.29, 0.717) is 0 Å². The second-order valence-electron chi connectivity index (χ2n) is 5.23. The van der Waals surface area contributed by atoms with Crippen LogP contribution in [0.3, 0.4) is 0 Å². The molecule has 0 spiro atoms. The molecule has 0 atom stereocenters. The van der Waals surface area contributed by atoms with E-state index in [2.05, 4.69) is 14.8 Å². The number of halogens is 1. The molecule has 8 nitrogen and oxygen atoms in total. The van der Waals surface area contributed by atoms with Gasteiger partial charge < -0.3 is 14.8 Å². The predicted molar refractivity (Wildman–Crippen MR) is 100.0 cm³/mol. The second-order valence-corrected chi connectivity index (χ2v) is 7.32. The summed E-state index contributed by atoms with van der Waals surface area (Å²) in [6.07, 6.45) is 0. The normalized spacial score (nSPS) is 10.8. The lowest BCUT2D eigenvalue weighted by atomic mass is 10.2. The van der Waals surface area contributed by atoms with Gasteiger partial charge >= 0.3 is 5.97 Å². The van der Waals surface area contributed by atoms with Gasteiger partial charge in [-0.3, -0.25) is 9.52 Å². The van der Waals surface area contributed by atoms with Crippen LogP contribution in [0.15, 0.2) is 41.3 Å². The lowest BCUT2D eigenvalue weighted by molar-refractivity contribution is 0.0600. The molecule has 0 aromatic heterocycles. The van der Waals surface area contributed by atoms with E-state index in [4.69, 9.17) is 16.3 Å². The summed E-state index contributed by atoms with van der Waals surface area (Å²) >= 11 is 5.93. The molecule has 0 bridgehead atoms. The molecule has 2 aromatic rings. The van der Waals surface area contributed by atoms with Crippen LogP contribution in [0.25, 0.3) is 0 Å². The third-order valence-corrected chi connectivity index (χ3v) is 5.29. The molecule has 10 heteroatoms. The van der Waals surface area contributed by atoms with Crippen molar-refractivity contribution >= 4 is 39.2 Å². The predicted octanol–water partition coefficient (Wildman–Crippen LogP) is 2.30. The van der Waals surface area contributed by atoms with Gasteiger partial charge in [-0.15, -0.1) is 0 Å². The van der Waals surface area contributed by atoms with Crippen molar-refractivity contribution < 1.29 is 27.5 Å². The molecule has 0 saturated carbocycles. The molecular formula is C17H17ClN2O6S. The van der Waals surface area contributed by atoms with Crippen molar-refractivity contribution in [2.24, 2.45) is 0 Å². The van der Waals surface area contributed by atoms with Crippen LogP contribution < -0.4 is 14.8 Å². The fourth-order valence-electron chi connectivity index (χ4n) is 2.24. The Kier molecular flexibility index (Phi) is 6.29. The third kappa shape index (κ3) is 4.50. The molecule has 0 aliphatic heterocycles. The van der Waals surface area contributed by atoms with Gasteiger partial charge in [0.1, 0.15) is 5.75 Å². The summed E-state index contributed by atoms with van der Waals surface area (Å²) in [5.74, 6) is -0.969. The number of carbonyl (C=O) groups excluding carboxylic acids is 2. The quantitative estimate of drug-likeness (QED) is 0.704. The number of methoxy groups -OCH3 is 2. The molecule has 0 aliphatic carbocycles. The Morgan fingerprint density at radius 1 is 1.04 bits per heavy atom. The van der Waals surface area contributed by atoms with Crippen molar-refractivity contribution in [2.45, 2.75) is 4.90 Å². The summed E-state index contributed by atoms with van der Waals surface area (Å²) in [4.78, 5) is 23.5. The van der Waals surface area contributed by atoms with Gasteiger partial charge in [0, 0.05) is 12.7 Å². The molecule has 0 unspecified atom stereocenters. The van der Waals surface area contributed by atoms with Crippen molar-refractivity contribution in [1.82, 2.24) is 5.32 Å². The van der Waals surface area contributed by atoms with Crippen LogP contribution in [0.5, 0.6) is 5.75 Å². The van der Waals surface area contributed by atoms with E-state index < -0.39 is 21.9 Å². The number of hydrogen-bond acceptors (Lipinski definition) is 6. The molecule has 144 valence electrons. The Balaban J connectivity index is 2.43. The molecule has 0 radical (unpaired) electrons. The van der Waals surface area contributed by atoms with Crippen LogP contribution in [-0.4, -0.2) is 41.6 Å². The van der Waals surface area contributed by atoms with Gasteiger partial charge in [-0.1, -0.05) is 11.6 Å². The lowest BCUT2D eigenvalue weighted by Gasteiger charge is -2.12. The monoisotopic (exact) mass is 412 g/mol. The van der Waals surface area contributed by atoms with Crippen molar-refractivity contribution in [2.75, 3.05) is 26.0 Å². The fraction of sp³-hybridized carbons (Fsp3) is 0.176. The highest BCUT2D eigenvalue weighted by molar-refractivity contribution is 7.92. The Labute approximate surface area is 161 Å². The van der Waals surface area contributed by atoms with Crippen LogP contribution in [0.2, 0.25) is 5.02 Å². The standard InChI is InChI=1S/C17H17ClN2O6S/c1-19-16(21)13-9-11(5-7-15(13)25-2)27(23,24)20-10-4-6-14(18)12(8-10)17(22)26-3/h4-9,20H,1-3H3,(H,19,21). The topological polar surface area (TPSA) is 111 Å². The second kappa shape index (κ2) is 8.28. The average Bonchev–Trinajstić information content (AvgIpc) is 2.67. The zero-order chi connectivity index (χ0) is 20.2. The minimum atomic E-state index is -4.05. The first kappa shape index (κ1) is 20.5. The molecular weight excluding hydrogens is 396 g/mol. The largest absolute Gasteiger partial charge is 0.496 e. The number of amides is 1. The highest BCUT2D eigenvalue weighted by atomic mass is 35.5. The number of sulfonamides is 1. The van der Waals surface area contributed by atoms with E-state index in [0.717, 1.165) is 0 Å². The Morgan fingerprint density at radius 3 is 2.33 bits per heavy atom. The van der Waals surface area contributed by atoms with Crippen LogP contribution in [0.4, 0.5) is 5.69 Å². The number of nitrogens with one attached hydrogen (secondary N) is 2.